The van der Waals surface area contributed by atoms with Crippen molar-refractivity contribution in [3.05, 3.63) is 34.9 Å². The number of halogens is 1. The highest BCUT2D eigenvalue weighted by molar-refractivity contribution is 7.99. The fourth-order valence-corrected chi connectivity index (χ4v) is 3.67. The van der Waals surface area contributed by atoms with E-state index in [9.17, 15) is 4.79 Å². The molecule has 1 aliphatic rings. The molecule has 0 radical (unpaired) electrons. The molecule has 0 aromatic heterocycles. The summed E-state index contributed by atoms with van der Waals surface area (Å²) in [7, 11) is 0. The number of hydrogen-bond acceptors (Lipinski definition) is 2. The molecule has 17 heavy (non-hydrogen) atoms. The molecule has 0 N–H and O–H groups in total. The Balaban J connectivity index is 2.09. The van der Waals surface area contributed by atoms with Crippen LogP contribution in [0.2, 0.25) is 5.02 Å². The van der Waals surface area contributed by atoms with Crippen molar-refractivity contribution in [3.63, 3.8) is 0 Å². The van der Waals surface area contributed by atoms with E-state index >= 15 is 0 Å². The molecule has 92 valence electrons. The van der Waals surface area contributed by atoms with Crippen molar-refractivity contribution in [2.24, 2.45) is 0 Å². The van der Waals surface area contributed by atoms with E-state index < -0.39 is 0 Å². The van der Waals surface area contributed by atoms with E-state index in [2.05, 4.69) is 6.07 Å². The fourth-order valence-electron chi connectivity index (χ4n) is 2.07. The summed E-state index contributed by atoms with van der Waals surface area (Å²) in [4.78, 5) is 13.3. The highest BCUT2D eigenvalue weighted by atomic mass is 35.5. The van der Waals surface area contributed by atoms with Crippen molar-refractivity contribution >= 4 is 29.3 Å². The summed E-state index contributed by atoms with van der Waals surface area (Å²) >= 11 is 8.11. The van der Waals surface area contributed by atoms with Gasteiger partial charge in [0.15, 0.2) is 0 Å². The van der Waals surface area contributed by atoms with Gasteiger partial charge in [0, 0.05) is 36.0 Å². The zero-order chi connectivity index (χ0) is 12.3. The maximum atomic E-state index is 11.4. The van der Waals surface area contributed by atoms with Crippen LogP contribution in [-0.2, 0) is 4.79 Å². The minimum Gasteiger partial charge on any atom is -0.342 e. The van der Waals surface area contributed by atoms with Crippen LogP contribution in [0.3, 0.4) is 0 Å². The Morgan fingerprint density at radius 3 is 2.88 bits per heavy atom. The first-order valence-corrected chi connectivity index (χ1v) is 7.22. The maximum Gasteiger partial charge on any atom is 0.219 e. The second-order valence-electron chi connectivity index (χ2n) is 4.18. The average molecular weight is 270 g/mol. The van der Waals surface area contributed by atoms with Crippen molar-refractivity contribution in [3.8, 4) is 0 Å². The lowest BCUT2D eigenvalue weighted by atomic mass is 10.1. The molecule has 1 saturated heterocycles. The number of nitrogens with zero attached hydrogens (tertiary/aromatic N) is 1. The molecule has 2 nitrogen and oxygen atoms in total. The molecule has 0 aliphatic carbocycles. The highest BCUT2D eigenvalue weighted by Crippen LogP contribution is 2.37. The molecule has 0 spiro atoms. The van der Waals surface area contributed by atoms with Gasteiger partial charge in [-0.2, -0.15) is 11.8 Å². The van der Waals surface area contributed by atoms with E-state index in [1.54, 1.807) is 6.92 Å². The number of hydrogen-bond donors (Lipinski definition) is 0. The van der Waals surface area contributed by atoms with Gasteiger partial charge in [0.05, 0.1) is 0 Å². The normalized spacial score (nSPS) is 21.1. The lowest BCUT2D eigenvalue weighted by Gasteiger charge is -2.18. The summed E-state index contributed by atoms with van der Waals surface area (Å²) < 4.78 is 0. The van der Waals surface area contributed by atoms with Crippen LogP contribution in [0.4, 0.5) is 0 Å². The van der Waals surface area contributed by atoms with E-state index in [4.69, 9.17) is 11.6 Å². The van der Waals surface area contributed by atoms with Gasteiger partial charge in [0.1, 0.15) is 0 Å². The number of amides is 1. The summed E-state index contributed by atoms with van der Waals surface area (Å²) in [5, 5.41) is 1.24. The Morgan fingerprint density at radius 1 is 1.41 bits per heavy atom. The van der Waals surface area contributed by atoms with Gasteiger partial charge in [-0.15, -0.1) is 0 Å². The van der Waals surface area contributed by atoms with Gasteiger partial charge in [-0.25, -0.2) is 0 Å². The molecular formula is C13H16ClNOS. The third-order valence-electron chi connectivity index (χ3n) is 3.04. The number of carbonyl (C=O) groups is 1. The summed E-state index contributed by atoms with van der Waals surface area (Å²) in [5.41, 5.74) is 1.20. The van der Waals surface area contributed by atoms with Crippen LogP contribution in [0.25, 0.3) is 0 Å². The topological polar surface area (TPSA) is 20.3 Å². The Hall–Kier alpha value is -0.670. The van der Waals surface area contributed by atoms with Gasteiger partial charge in [0.2, 0.25) is 5.91 Å². The third-order valence-corrected chi connectivity index (χ3v) is 4.69. The molecule has 1 aromatic rings. The Labute approximate surface area is 111 Å². The van der Waals surface area contributed by atoms with Gasteiger partial charge in [-0.1, -0.05) is 29.8 Å². The van der Waals surface area contributed by atoms with Crippen molar-refractivity contribution in [1.82, 2.24) is 4.90 Å². The van der Waals surface area contributed by atoms with E-state index in [-0.39, 0.29) is 5.91 Å². The molecule has 0 unspecified atom stereocenters. The first-order chi connectivity index (χ1) is 8.18. The van der Waals surface area contributed by atoms with Crippen LogP contribution in [-0.4, -0.2) is 29.6 Å². The van der Waals surface area contributed by atoms with Crippen molar-refractivity contribution in [2.45, 2.75) is 18.6 Å². The largest absolute Gasteiger partial charge is 0.342 e. The van der Waals surface area contributed by atoms with Crippen LogP contribution in [0, 0.1) is 0 Å². The first kappa shape index (κ1) is 12.8. The summed E-state index contributed by atoms with van der Waals surface area (Å²) in [6.45, 7) is 3.32. The SMILES string of the molecule is CC(=O)N1CCS[C@@H](c2ccccc2Cl)CC1. The molecule has 1 fully saturated rings. The predicted octanol–water partition coefficient (Wildman–Crippen LogP) is 3.37. The monoisotopic (exact) mass is 269 g/mol. The van der Waals surface area contributed by atoms with Crippen LogP contribution in [0.15, 0.2) is 24.3 Å². The lowest BCUT2D eigenvalue weighted by molar-refractivity contribution is -0.128. The maximum absolute atomic E-state index is 11.4. The highest BCUT2D eigenvalue weighted by Gasteiger charge is 2.21. The van der Waals surface area contributed by atoms with E-state index in [0.717, 1.165) is 30.3 Å². The van der Waals surface area contributed by atoms with Gasteiger partial charge in [0.25, 0.3) is 0 Å². The zero-order valence-electron chi connectivity index (χ0n) is 9.86. The van der Waals surface area contributed by atoms with Crippen LogP contribution >= 0.6 is 23.4 Å². The van der Waals surface area contributed by atoms with Gasteiger partial charge >= 0.3 is 0 Å². The molecule has 2 rings (SSSR count). The predicted molar refractivity (Wildman–Crippen MR) is 73.5 cm³/mol. The standard InChI is InChI=1S/C13H16ClNOS/c1-10(16)15-7-6-13(17-9-8-15)11-4-2-3-5-12(11)14/h2-5,13H,6-9H2,1H3/t13-/m1/s1. The number of carbonyl (C=O) groups excluding carboxylic acids is 1. The molecule has 0 saturated carbocycles. The second-order valence-corrected chi connectivity index (χ2v) is 5.89. The van der Waals surface area contributed by atoms with Gasteiger partial charge < -0.3 is 4.90 Å². The molecular weight excluding hydrogens is 254 g/mol. The second kappa shape index (κ2) is 5.78. The van der Waals surface area contributed by atoms with E-state index in [1.165, 1.54) is 5.56 Å². The van der Waals surface area contributed by atoms with Crippen LogP contribution < -0.4 is 0 Å². The van der Waals surface area contributed by atoms with Crippen molar-refractivity contribution in [2.75, 3.05) is 18.8 Å². The average Bonchev–Trinajstić information content (AvgIpc) is 2.55. The summed E-state index contributed by atoms with van der Waals surface area (Å²) in [6.07, 6.45) is 0.980. The number of thioether (sulfide) groups is 1. The molecule has 1 atom stereocenters. The lowest BCUT2D eigenvalue weighted by Crippen LogP contribution is -2.30. The smallest absolute Gasteiger partial charge is 0.219 e. The molecule has 1 amide bonds. The zero-order valence-corrected chi connectivity index (χ0v) is 11.4. The minimum atomic E-state index is 0.172. The molecule has 1 heterocycles. The molecule has 4 heteroatoms. The Bertz CT molecular complexity index is 410. The van der Waals surface area contributed by atoms with Crippen LogP contribution in [0.1, 0.15) is 24.2 Å². The quantitative estimate of drug-likeness (QED) is 0.779. The molecule has 1 aliphatic heterocycles. The molecule has 1 aromatic carbocycles. The molecule has 0 bridgehead atoms. The Morgan fingerprint density at radius 2 is 2.18 bits per heavy atom. The first-order valence-electron chi connectivity index (χ1n) is 5.80. The van der Waals surface area contributed by atoms with E-state index in [0.29, 0.717) is 5.25 Å². The van der Waals surface area contributed by atoms with Gasteiger partial charge in [-0.05, 0) is 18.1 Å². The number of rotatable bonds is 1. The Kier molecular flexibility index (Phi) is 4.35. The summed E-state index contributed by atoms with van der Waals surface area (Å²) in [5.74, 6) is 1.15. The minimum absolute atomic E-state index is 0.172. The van der Waals surface area contributed by atoms with Crippen molar-refractivity contribution in [1.29, 1.82) is 0 Å². The van der Waals surface area contributed by atoms with Gasteiger partial charge in [-0.3, -0.25) is 4.79 Å². The van der Waals surface area contributed by atoms with Crippen LogP contribution in [0.5, 0.6) is 0 Å². The van der Waals surface area contributed by atoms with E-state index in [1.807, 2.05) is 34.9 Å². The fraction of sp³-hybridized carbons (Fsp3) is 0.462. The third kappa shape index (κ3) is 3.17. The summed E-state index contributed by atoms with van der Waals surface area (Å²) in [6, 6.07) is 8.00. The number of benzene rings is 1. The van der Waals surface area contributed by atoms with Crippen molar-refractivity contribution < 1.29 is 4.79 Å².